The normalized spacial score (nSPS) is 2.80. The van der Waals surface area contributed by atoms with E-state index in [4.69, 9.17) is 15.0 Å². The number of carbonyl (C=O) groups is 1. The van der Waals surface area contributed by atoms with Crippen LogP contribution in [0.15, 0.2) is 13.2 Å². The third-order valence-corrected chi connectivity index (χ3v) is 0. The van der Waals surface area contributed by atoms with E-state index in [1.807, 2.05) is 0 Å². The van der Waals surface area contributed by atoms with Crippen molar-refractivity contribution in [2.45, 2.75) is 0 Å². The summed E-state index contributed by atoms with van der Waals surface area (Å²) in [5.74, 6) is 0. The molecule has 0 aromatic rings. The van der Waals surface area contributed by atoms with Gasteiger partial charge in [0, 0.05) is 0 Å². The zero-order valence-electron chi connectivity index (χ0n) is 6.55. The van der Waals surface area contributed by atoms with Crippen LogP contribution in [0.3, 0.4) is 0 Å². The third kappa shape index (κ3) is 649. The molecule has 0 aromatic carbocycles. The number of hydrogen-bond acceptors (Lipinski definition) is 5. The number of rotatable bonds is 0. The van der Waals surface area contributed by atoms with Gasteiger partial charge in [0.05, 0.1) is 0 Å². The van der Waals surface area contributed by atoms with Gasteiger partial charge >= 0.3 is 59.1 Å². The summed E-state index contributed by atoms with van der Waals surface area (Å²) in [5.41, 5.74) is 0. The van der Waals surface area contributed by atoms with Crippen LogP contribution in [0.4, 0.5) is 4.79 Å². The van der Waals surface area contributed by atoms with Crippen LogP contribution < -0.4 is 81.6 Å². The van der Waals surface area contributed by atoms with Crippen LogP contribution in [0.2, 0.25) is 0 Å². The van der Waals surface area contributed by atoms with E-state index in [2.05, 4.69) is 13.2 Å². The van der Waals surface area contributed by atoms with Gasteiger partial charge < -0.3 is 27.3 Å². The van der Waals surface area contributed by atoms with Crippen molar-refractivity contribution in [2.24, 2.45) is 0 Å². The summed E-state index contributed by atoms with van der Waals surface area (Å²) in [7, 11) is 0. The Morgan fingerprint density at radius 2 is 1.00 bits per heavy atom. The Morgan fingerprint density at radius 3 is 1.00 bits per heavy atom. The fourth-order valence-corrected chi connectivity index (χ4v) is 0. The van der Waals surface area contributed by atoms with E-state index in [9.17, 15) is 0 Å². The van der Waals surface area contributed by atoms with Crippen LogP contribution in [0.25, 0.3) is 0 Å². The monoisotopic (exact) mass is 168 g/mol. The first-order valence-electron chi connectivity index (χ1n) is 1.11. The molecule has 0 saturated heterocycles. The topological polar surface area (TPSA) is 133 Å². The first-order chi connectivity index (χ1) is 2.73. The molecule has 0 spiro atoms. The molecule has 10 heavy (non-hydrogen) atoms. The van der Waals surface area contributed by atoms with Crippen molar-refractivity contribution in [2.75, 3.05) is 0 Å². The molecule has 0 radical (unpaired) electrons. The first kappa shape index (κ1) is 44.3. The van der Waals surface area contributed by atoms with E-state index < -0.39 is 6.16 Å². The number of hydrogen-bond donors (Lipinski definition) is 2. The van der Waals surface area contributed by atoms with E-state index in [1.165, 1.54) is 0 Å². The van der Waals surface area contributed by atoms with Crippen molar-refractivity contribution < 1.29 is 74.1 Å². The average molecular weight is 168 g/mol. The van der Waals surface area contributed by atoms with E-state index in [0.29, 0.717) is 0 Å². The van der Waals surface area contributed by atoms with E-state index in [1.54, 1.807) is 0 Å². The Labute approximate surface area is 105 Å². The SMILES string of the molecule is C=C.N.N.O=C([O-])[O-].[Na+].[Na+]. The van der Waals surface area contributed by atoms with Crippen molar-refractivity contribution >= 4 is 6.16 Å². The summed E-state index contributed by atoms with van der Waals surface area (Å²) in [5, 5.41) is 16.7. The summed E-state index contributed by atoms with van der Waals surface area (Å²) in [6.45, 7) is 6.00. The summed E-state index contributed by atoms with van der Waals surface area (Å²) < 4.78 is 0. The van der Waals surface area contributed by atoms with Gasteiger partial charge in [-0.15, -0.1) is 13.2 Å². The van der Waals surface area contributed by atoms with E-state index >= 15 is 0 Å². The molecular formula is C3H10N2Na2O3. The number of carbonyl (C=O) groups excluding carboxylic acids is 1. The third-order valence-electron chi connectivity index (χ3n) is 0. The van der Waals surface area contributed by atoms with Gasteiger partial charge in [-0.3, -0.25) is 0 Å². The molecule has 0 rings (SSSR count). The van der Waals surface area contributed by atoms with Crippen LogP contribution >= 0.6 is 0 Å². The molecule has 0 unspecified atom stereocenters. The van der Waals surface area contributed by atoms with Crippen LogP contribution in [-0.2, 0) is 0 Å². The molecule has 0 aromatic heterocycles. The molecule has 0 amide bonds. The Kier molecular flexibility index (Phi) is 227. The van der Waals surface area contributed by atoms with Gasteiger partial charge in [-0.1, -0.05) is 0 Å². The molecule has 52 valence electrons. The Morgan fingerprint density at radius 1 is 1.00 bits per heavy atom. The van der Waals surface area contributed by atoms with Crippen LogP contribution in [0.5, 0.6) is 0 Å². The number of carboxylic acid groups (broad SMARTS) is 2. The fourth-order valence-electron chi connectivity index (χ4n) is 0. The van der Waals surface area contributed by atoms with Crippen molar-refractivity contribution in [1.29, 1.82) is 0 Å². The first-order valence-corrected chi connectivity index (χ1v) is 1.11. The van der Waals surface area contributed by atoms with Crippen molar-refractivity contribution in [3.63, 3.8) is 0 Å². The zero-order valence-corrected chi connectivity index (χ0v) is 10.6. The summed E-state index contributed by atoms with van der Waals surface area (Å²) in [6.07, 6.45) is -2.33. The molecule has 0 heterocycles. The maximum Gasteiger partial charge on any atom is 1.00 e. The van der Waals surface area contributed by atoms with Gasteiger partial charge in [0.2, 0.25) is 0 Å². The van der Waals surface area contributed by atoms with E-state index in [0.717, 1.165) is 0 Å². The molecule has 0 aliphatic carbocycles. The predicted octanol–water partition coefficient (Wildman–Crippen LogP) is -7.31. The molecule has 0 aliphatic heterocycles. The smallest absolute Gasteiger partial charge is 0.652 e. The molecule has 5 nitrogen and oxygen atoms in total. The molecule has 0 aliphatic rings. The van der Waals surface area contributed by atoms with Crippen molar-refractivity contribution in [1.82, 2.24) is 12.3 Å². The maximum atomic E-state index is 8.33. The van der Waals surface area contributed by atoms with Gasteiger partial charge in [-0.25, -0.2) is 0 Å². The van der Waals surface area contributed by atoms with Crippen LogP contribution in [0.1, 0.15) is 0 Å². The largest absolute Gasteiger partial charge is 1.00 e. The Balaban J connectivity index is -0.00000000625. The second-order valence-electron chi connectivity index (χ2n) is 0.250. The van der Waals surface area contributed by atoms with Crippen LogP contribution in [0, 0.1) is 0 Å². The standard InChI is InChI=1S/C2H4.CH2O3.2H3N.2Na/c1-2;2-1(3)4;;;;/h1-2H2;(H2,2,3,4);2*1H3;;/q;;;;2*+1/p-2. The van der Waals surface area contributed by atoms with E-state index in [-0.39, 0.29) is 71.4 Å². The minimum Gasteiger partial charge on any atom is -0.652 e. The molecular weight excluding hydrogens is 158 g/mol. The summed E-state index contributed by atoms with van der Waals surface area (Å²) in [4.78, 5) is 8.33. The minimum absolute atomic E-state index is 0. The molecule has 0 atom stereocenters. The average Bonchev–Trinajstić information content (AvgIpc) is 1.41. The quantitative estimate of drug-likeness (QED) is 0.274. The predicted molar refractivity (Wildman–Crippen MR) is 26.7 cm³/mol. The summed E-state index contributed by atoms with van der Waals surface area (Å²) >= 11 is 0. The fraction of sp³-hybridized carbons (Fsp3) is 0. The second-order valence-corrected chi connectivity index (χ2v) is 0.250. The Bertz CT molecular complexity index is 51.0. The second kappa shape index (κ2) is 51.3. The molecule has 0 bridgehead atoms. The van der Waals surface area contributed by atoms with Gasteiger partial charge in [0.25, 0.3) is 0 Å². The van der Waals surface area contributed by atoms with Crippen molar-refractivity contribution in [3.8, 4) is 0 Å². The molecule has 7 heteroatoms. The molecule has 0 saturated carbocycles. The van der Waals surface area contributed by atoms with Gasteiger partial charge in [-0.05, 0) is 6.16 Å². The van der Waals surface area contributed by atoms with Gasteiger partial charge in [0.1, 0.15) is 0 Å². The van der Waals surface area contributed by atoms with Crippen LogP contribution in [-0.4, -0.2) is 6.16 Å². The zero-order chi connectivity index (χ0) is 5.58. The van der Waals surface area contributed by atoms with Crippen molar-refractivity contribution in [3.05, 3.63) is 13.2 Å². The summed E-state index contributed by atoms with van der Waals surface area (Å²) in [6, 6.07) is 0. The van der Waals surface area contributed by atoms with Gasteiger partial charge in [0.15, 0.2) is 0 Å². The molecule has 0 fully saturated rings. The minimum atomic E-state index is -2.33. The maximum absolute atomic E-state index is 8.33. The molecule has 6 N–H and O–H groups in total. The Hall–Kier alpha value is 0.930. The van der Waals surface area contributed by atoms with Gasteiger partial charge in [-0.2, -0.15) is 0 Å².